The average molecular weight is 451 g/mol. The van der Waals surface area contributed by atoms with Gasteiger partial charge in [0.05, 0.1) is 18.0 Å². The molecule has 0 saturated carbocycles. The fraction of sp³-hybridized carbons (Fsp3) is 0.182. The minimum Gasteiger partial charge on any atom is -0.496 e. The van der Waals surface area contributed by atoms with Crippen molar-refractivity contribution in [3.8, 4) is 23.4 Å². The number of ether oxygens (including phenoxy) is 3. The van der Waals surface area contributed by atoms with Gasteiger partial charge in [0.25, 0.3) is 0 Å². The molecule has 0 radical (unpaired) electrons. The number of nitrogens with one attached hydrogen (secondary N) is 1. The number of fused-ring (bicyclic) bond motifs is 1. The smallest absolute Gasteiger partial charge is 0.311 e. The number of benzene rings is 2. The summed E-state index contributed by atoms with van der Waals surface area (Å²) >= 11 is 0. The summed E-state index contributed by atoms with van der Waals surface area (Å²) in [7, 11) is 1.47. The topological polar surface area (TPSA) is 149 Å². The van der Waals surface area contributed by atoms with Crippen LogP contribution in [0.4, 0.5) is 10.1 Å². The van der Waals surface area contributed by atoms with Gasteiger partial charge in [-0.3, -0.25) is 15.2 Å². The molecule has 2 aromatic carbocycles. The second kappa shape index (κ2) is 8.51. The molecule has 1 aromatic heterocycles. The van der Waals surface area contributed by atoms with Gasteiger partial charge in [0, 0.05) is 29.0 Å². The van der Waals surface area contributed by atoms with E-state index in [0.717, 1.165) is 18.2 Å². The highest BCUT2D eigenvalue weighted by Gasteiger charge is 2.34. The SMILES string of the molecule is COc1ccc([C@@H]2C(C#N)=C(N)Oc3n[nH]c(C)c32)cc1COc1cc(F)ccc1[N+](=O)[O-]. The number of halogens is 1. The van der Waals surface area contributed by atoms with Gasteiger partial charge >= 0.3 is 5.69 Å². The van der Waals surface area contributed by atoms with Gasteiger partial charge in [0.2, 0.25) is 11.8 Å². The van der Waals surface area contributed by atoms with Crippen molar-refractivity contribution >= 4 is 5.69 Å². The van der Waals surface area contributed by atoms with E-state index >= 15 is 0 Å². The van der Waals surface area contributed by atoms with E-state index in [9.17, 15) is 19.8 Å². The Labute approximate surface area is 187 Å². The maximum absolute atomic E-state index is 13.7. The Morgan fingerprint density at radius 1 is 1.33 bits per heavy atom. The van der Waals surface area contributed by atoms with E-state index < -0.39 is 16.7 Å². The summed E-state index contributed by atoms with van der Waals surface area (Å²) in [6.07, 6.45) is 0. The molecule has 10 nitrogen and oxygen atoms in total. The van der Waals surface area contributed by atoms with Gasteiger partial charge in [-0.1, -0.05) is 6.07 Å². The number of aromatic amines is 1. The van der Waals surface area contributed by atoms with Crippen LogP contribution in [0.15, 0.2) is 47.9 Å². The van der Waals surface area contributed by atoms with Crippen LogP contribution in [0.1, 0.15) is 28.3 Å². The quantitative estimate of drug-likeness (QED) is 0.427. The Balaban J connectivity index is 1.74. The molecule has 0 bridgehead atoms. The maximum atomic E-state index is 13.7. The van der Waals surface area contributed by atoms with Crippen molar-refractivity contribution in [3.63, 3.8) is 0 Å². The number of rotatable bonds is 6. The van der Waals surface area contributed by atoms with Gasteiger partial charge in [-0.25, -0.2) is 4.39 Å². The molecule has 11 heteroatoms. The van der Waals surface area contributed by atoms with E-state index in [1.54, 1.807) is 25.1 Å². The Bertz CT molecular complexity index is 1330. The first-order valence-electron chi connectivity index (χ1n) is 9.70. The summed E-state index contributed by atoms with van der Waals surface area (Å²) in [5.74, 6) is -0.771. The Morgan fingerprint density at radius 2 is 2.12 bits per heavy atom. The number of aromatic nitrogens is 2. The molecule has 0 aliphatic carbocycles. The standard InChI is InChI=1S/C22H18FN5O5/c1-11-19-20(15(9-24)21(25)33-22(19)27-26-11)12-3-6-17(31-2)13(7-12)10-32-18-8-14(23)4-5-16(18)28(29)30/h3-8,20H,10,25H2,1-2H3,(H,26,27)/t20-/m1/s1. The number of nitro groups is 1. The maximum Gasteiger partial charge on any atom is 0.311 e. The minimum atomic E-state index is -0.666. The molecule has 0 spiro atoms. The second-order valence-corrected chi connectivity index (χ2v) is 7.22. The van der Waals surface area contributed by atoms with Gasteiger partial charge in [-0.2, -0.15) is 5.26 Å². The predicted molar refractivity (Wildman–Crippen MR) is 113 cm³/mol. The number of nitriles is 1. The number of methoxy groups -OCH3 is 1. The molecule has 1 aliphatic rings. The summed E-state index contributed by atoms with van der Waals surface area (Å²) < 4.78 is 30.1. The average Bonchev–Trinajstić information content (AvgIpc) is 3.16. The van der Waals surface area contributed by atoms with Crippen LogP contribution in [0, 0.1) is 34.2 Å². The summed E-state index contributed by atoms with van der Waals surface area (Å²) in [5.41, 5.74) is 8.39. The first-order chi connectivity index (χ1) is 15.8. The molecule has 3 N–H and O–H groups in total. The molecule has 0 amide bonds. The molecular formula is C22H18FN5O5. The monoisotopic (exact) mass is 451 g/mol. The van der Waals surface area contributed by atoms with Crippen molar-refractivity contribution in [2.75, 3.05) is 7.11 Å². The normalized spacial score (nSPS) is 14.8. The van der Waals surface area contributed by atoms with Crippen LogP contribution >= 0.6 is 0 Å². The molecule has 168 valence electrons. The third kappa shape index (κ3) is 3.89. The van der Waals surface area contributed by atoms with Crippen LogP contribution in [0.5, 0.6) is 17.4 Å². The van der Waals surface area contributed by atoms with Crippen LogP contribution in [0.25, 0.3) is 0 Å². The Morgan fingerprint density at radius 3 is 2.82 bits per heavy atom. The number of aryl methyl sites for hydroxylation is 1. The molecule has 0 saturated heterocycles. The van der Waals surface area contributed by atoms with Crippen molar-refractivity contribution in [1.82, 2.24) is 10.2 Å². The van der Waals surface area contributed by atoms with Crippen LogP contribution in [0.3, 0.4) is 0 Å². The van der Waals surface area contributed by atoms with Crippen molar-refractivity contribution in [3.05, 3.63) is 86.2 Å². The van der Waals surface area contributed by atoms with Gasteiger partial charge < -0.3 is 19.9 Å². The van der Waals surface area contributed by atoms with Gasteiger partial charge in [-0.05, 0) is 30.7 Å². The number of nitrogens with zero attached hydrogens (tertiary/aromatic N) is 3. The number of H-pyrrole nitrogens is 1. The number of nitro benzene ring substituents is 1. The van der Waals surface area contributed by atoms with Crippen LogP contribution in [0.2, 0.25) is 0 Å². The molecular weight excluding hydrogens is 433 g/mol. The lowest BCUT2D eigenvalue weighted by Crippen LogP contribution is -2.21. The number of nitrogens with two attached hydrogens (primary N) is 1. The number of allylic oxidation sites excluding steroid dienone is 1. The molecule has 2 heterocycles. The van der Waals surface area contributed by atoms with E-state index in [1.165, 1.54) is 7.11 Å². The fourth-order valence-electron chi connectivity index (χ4n) is 3.73. The fourth-order valence-corrected chi connectivity index (χ4v) is 3.73. The molecule has 4 rings (SSSR count). The highest BCUT2D eigenvalue weighted by molar-refractivity contribution is 5.56. The zero-order valence-electron chi connectivity index (χ0n) is 17.6. The minimum absolute atomic E-state index is 0.0505. The molecule has 33 heavy (non-hydrogen) atoms. The highest BCUT2D eigenvalue weighted by Crippen LogP contribution is 2.43. The summed E-state index contributed by atoms with van der Waals surface area (Å²) in [6, 6.07) is 10.3. The number of hydrogen-bond donors (Lipinski definition) is 2. The third-order valence-corrected chi connectivity index (χ3v) is 5.27. The van der Waals surface area contributed by atoms with Gasteiger partial charge in [0.1, 0.15) is 29.8 Å². The molecule has 0 unspecified atom stereocenters. The van der Waals surface area contributed by atoms with Crippen LogP contribution < -0.4 is 19.9 Å². The van der Waals surface area contributed by atoms with Gasteiger partial charge in [-0.15, -0.1) is 5.10 Å². The first-order valence-corrected chi connectivity index (χ1v) is 9.70. The molecule has 1 aliphatic heterocycles. The summed E-state index contributed by atoms with van der Waals surface area (Å²) in [5, 5.41) is 27.9. The van der Waals surface area contributed by atoms with Crippen molar-refractivity contribution in [2.24, 2.45) is 5.73 Å². The lowest BCUT2D eigenvalue weighted by atomic mass is 9.83. The zero-order valence-corrected chi connectivity index (χ0v) is 17.6. The van der Waals surface area contributed by atoms with E-state index in [1.807, 2.05) is 0 Å². The summed E-state index contributed by atoms with van der Waals surface area (Å²) in [6.45, 7) is 1.65. The van der Waals surface area contributed by atoms with Crippen molar-refractivity contribution < 1.29 is 23.5 Å². The van der Waals surface area contributed by atoms with Crippen molar-refractivity contribution in [2.45, 2.75) is 19.4 Å². The second-order valence-electron chi connectivity index (χ2n) is 7.22. The molecule has 3 aromatic rings. The molecule has 0 fully saturated rings. The van der Waals surface area contributed by atoms with Crippen molar-refractivity contribution in [1.29, 1.82) is 5.26 Å². The largest absolute Gasteiger partial charge is 0.496 e. The van der Waals surface area contributed by atoms with Crippen LogP contribution in [-0.4, -0.2) is 22.2 Å². The van der Waals surface area contributed by atoms with Gasteiger partial charge in [0.15, 0.2) is 5.75 Å². The third-order valence-electron chi connectivity index (χ3n) is 5.27. The van der Waals surface area contributed by atoms with E-state index in [2.05, 4.69) is 16.3 Å². The summed E-state index contributed by atoms with van der Waals surface area (Å²) in [4.78, 5) is 10.6. The Kier molecular flexibility index (Phi) is 5.58. The lowest BCUT2D eigenvalue weighted by Gasteiger charge is -2.24. The van der Waals surface area contributed by atoms with E-state index in [-0.39, 0.29) is 35.4 Å². The highest BCUT2D eigenvalue weighted by atomic mass is 19.1. The molecule has 1 atom stereocenters. The van der Waals surface area contributed by atoms with E-state index in [4.69, 9.17) is 19.9 Å². The number of hydrogen-bond acceptors (Lipinski definition) is 8. The Hall–Kier alpha value is -4.59. The van der Waals surface area contributed by atoms with Crippen LogP contribution in [-0.2, 0) is 6.61 Å². The zero-order chi connectivity index (χ0) is 23.7. The van der Waals surface area contributed by atoms with E-state index in [0.29, 0.717) is 28.1 Å². The first kappa shape index (κ1) is 21.6. The predicted octanol–water partition coefficient (Wildman–Crippen LogP) is 3.57. The lowest BCUT2D eigenvalue weighted by molar-refractivity contribution is -0.386.